The molecule has 0 spiro atoms. The minimum absolute atomic E-state index is 0.0927. The van der Waals surface area contributed by atoms with Gasteiger partial charge >= 0.3 is 0 Å². The van der Waals surface area contributed by atoms with Crippen LogP contribution in [0.2, 0.25) is 0 Å². The van der Waals surface area contributed by atoms with Gasteiger partial charge in [-0.1, -0.05) is 0 Å². The predicted molar refractivity (Wildman–Crippen MR) is 85.1 cm³/mol. The molecule has 0 aliphatic carbocycles. The van der Waals surface area contributed by atoms with Gasteiger partial charge in [0.2, 0.25) is 0 Å². The lowest BCUT2D eigenvalue weighted by Crippen LogP contribution is -2.30. The van der Waals surface area contributed by atoms with Crippen molar-refractivity contribution in [3.05, 3.63) is 35.6 Å². The van der Waals surface area contributed by atoms with Crippen LogP contribution in [-0.4, -0.2) is 42.3 Å². The van der Waals surface area contributed by atoms with Crippen LogP contribution >= 0.6 is 11.8 Å². The number of halogens is 1. The van der Waals surface area contributed by atoms with E-state index in [0.29, 0.717) is 18.0 Å². The third-order valence-corrected chi connectivity index (χ3v) is 4.22. The Labute approximate surface area is 125 Å². The second-order valence-corrected chi connectivity index (χ2v) is 6.13. The number of benzene rings is 1. The Bertz CT molecular complexity index is 407. The van der Waals surface area contributed by atoms with E-state index in [0.717, 1.165) is 13.0 Å². The van der Waals surface area contributed by atoms with E-state index in [4.69, 9.17) is 0 Å². The topological polar surface area (TPSA) is 20.3 Å². The van der Waals surface area contributed by atoms with Gasteiger partial charge in [-0.2, -0.15) is 11.8 Å². The fraction of sp³-hybridized carbons (Fsp3) is 0.562. The highest BCUT2D eigenvalue weighted by atomic mass is 32.2. The van der Waals surface area contributed by atoms with Gasteiger partial charge in [-0.05, 0) is 69.6 Å². The van der Waals surface area contributed by atoms with Gasteiger partial charge < -0.3 is 4.90 Å². The lowest BCUT2D eigenvalue weighted by atomic mass is 10.1. The van der Waals surface area contributed by atoms with Crippen molar-refractivity contribution in [1.82, 2.24) is 4.90 Å². The molecule has 112 valence electrons. The van der Waals surface area contributed by atoms with Crippen LogP contribution in [0.1, 0.15) is 36.5 Å². The fourth-order valence-corrected chi connectivity index (χ4v) is 2.58. The summed E-state index contributed by atoms with van der Waals surface area (Å²) in [5.41, 5.74) is 0.601. The molecule has 1 atom stereocenters. The first-order valence-corrected chi connectivity index (χ1v) is 8.42. The van der Waals surface area contributed by atoms with Gasteiger partial charge in [-0.25, -0.2) is 4.39 Å². The molecule has 0 aliphatic rings. The molecule has 2 nitrogen and oxygen atoms in total. The van der Waals surface area contributed by atoms with Crippen LogP contribution in [-0.2, 0) is 0 Å². The summed E-state index contributed by atoms with van der Waals surface area (Å²) in [4.78, 5) is 14.2. The van der Waals surface area contributed by atoms with Crippen LogP contribution in [0, 0.1) is 5.82 Å². The van der Waals surface area contributed by atoms with Crippen LogP contribution < -0.4 is 0 Å². The maximum absolute atomic E-state index is 12.8. The molecule has 0 aromatic heterocycles. The number of hydrogen-bond acceptors (Lipinski definition) is 3. The second kappa shape index (κ2) is 9.14. The maximum Gasteiger partial charge on any atom is 0.162 e. The van der Waals surface area contributed by atoms with Gasteiger partial charge in [-0.3, -0.25) is 4.79 Å². The fourth-order valence-electron chi connectivity index (χ4n) is 2.00. The number of Topliss-reactive ketones (excluding diaryl/α,β-unsaturated/α-hetero) is 1. The summed E-state index contributed by atoms with van der Waals surface area (Å²) in [7, 11) is 2.10. The molecule has 20 heavy (non-hydrogen) atoms. The molecule has 0 saturated heterocycles. The van der Waals surface area contributed by atoms with Crippen LogP contribution in [0.5, 0.6) is 0 Å². The average Bonchev–Trinajstić information content (AvgIpc) is 2.45. The highest BCUT2D eigenvalue weighted by Gasteiger charge is 2.10. The van der Waals surface area contributed by atoms with Gasteiger partial charge in [0.15, 0.2) is 5.78 Å². The number of thioether (sulfide) groups is 1. The van der Waals surface area contributed by atoms with E-state index in [-0.39, 0.29) is 11.6 Å². The highest BCUT2D eigenvalue weighted by molar-refractivity contribution is 7.98. The van der Waals surface area contributed by atoms with Crippen molar-refractivity contribution in [2.24, 2.45) is 0 Å². The van der Waals surface area contributed by atoms with Crippen molar-refractivity contribution in [1.29, 1.82) is 0 Å². The third-order valence-electron chi connectivity index (χ3n) is 3.57. The van der Waals surface area contributed by atoms with Gasteiger partial charge in [0.25, 0.3) is 0 Å². The average molecular weight is 297 g/mol. The minimum Gasteiger partial charge on any atom is -0.304 e. The lowest BCUT2D eigenvalue weighted by Gasteiger charge is -2.24. The number of carbonyl (C=O) groups excluding carboxylic acids is 1. The first-order valence-electron chi connectivity index (χ1n) is 7.02. The Hall–Kier alpha value is -0.870. The summed E-state index contributed by atoms with van der Waals surface area (Å²) >= 11 is 1.86. The summed E-state index contributed by atoms with van der Waals surface area (Å²) in [6.45, 7) is 3.14. The Morgan fingerprint density at radius 1 is 1.35 bits per heavy atom. The smallest absolute Gasteiger partial charge is 0.162 e. The van der Waals surface area contributed by atoms with Gasteiger partial charge in [0.05, 0.1) is 0 Å². The van der Waals surface area contributed by atoms with Crippen molar-refractivity contribution >= 4 is 17.5 Å². The monoisotopic (exact) mass is 297 g/mol. The standard InChI is InChI=1S/C16H24FNOS/c1-13(10-12-20-3)18(2)11-4-5-16(19)14-6-8-15(17)9-7-14/h6-9,13H,4-5,10-12H2,1-3H3. The van der Waals surface area contributed by atoms with Crippen molar-refractivity contribution in [2.45, 2.75) is 32.2 Å². The van der Waals surface area contributed by atoms with Crippen molar-refractivity contribution in [2.75, 3.05) is 25.6 Å². The molecule has 0 fully saturated rings. The van der Waals surface area contributed by atoms with E-state index >= 15 is 0 Å². The van der Waals surface area contributed by atoms with Crippen molar-refractivity contribution < 1.29 is 9.18 Å². The molecule has 1 unspecified atom stereocenters. The van der Waals surface area contributed by atoms with Crippen LogP contribution in [0.15, 0.2) is 24.3 Å². The van der Waals surface area contributed by atoms with Crippen molar-refractivity contribution in [3.8, 4) is 0 Å². The Morgan fingerprint density at radius 3 is 2.60 bits per heavy atom. The van der Waals surface area contributed by atoms with Crippen LogP contribution in [0.3, 0.4) is 0 Å². The van der Waals surface area contributed by atoms with E-state index in [1.807, 2.05) is 11.8 Å². The summed E-state index contributed by atoms with van der Waals surface area (Å²) in [6.07, 6.45) is 4.65. The summed E-state index contributed by atoms with van der Waals surface area (Å²) < 4.78 is 12.8. The van der Waals surface area contributed by atoms with E-state index in [1.165, 1.54) is 24.3 Å². The molecule has 0 amide bonds. The van der Waals surface area contributed by atoms with E-state index < -0.39 is 0 Å². The second-order valence-electron chi connectivity index (χ2n) is 5.14. The summed E-state index contributed by atoms with van der Waals surface area (Å²) in [5.74, 6) is 0.957. The van der Waals surface area contributed by atoms with Gasteiger partial charge in [0, 0.05) is 18.0 Å². The number of nitrogens with zero attached hydrogens (tertiary/aromatic N) is 1. The Kier molecular flexibility index (Phi) is 7.85. The molecule has 0 N–H and O–H groups in total. The molecule has 1 rings (SSSR count). The lowest BCUT2D eigenvalue weighted by molar-refractivity contribution is 0.0974. The van der Waals surface area contributed by atoms with Gasteiger partial charge in [-0.15, -0.1) is 0 Å². The quantitative estimate of drug-likeness (QED) is 0.646. The molecular formula is C16H24FNOS. The molecule has 0 bridgehead atoms. The molecule has 4 heteroatoms. The molecular weight excluding hydrogens is 273 g/mol. The molecule has 0 saturated carbocycles. The Balaban J connectivity index is 2.29. The largest absolute Gasteiger partial charge is 0.304 e. The van der Waals surface area contributed by atoms with Crippen LogP contribution in [0.25, 0.3) is 0 Å². The maximum atomic E-state index is 12.8. The molecule has 1 aromatic rings. The van der Waals surface area contributed by atoms with Crippen LogP contribution in [0.4, 0.5) is 4.39 Å². The SMILES string of the molecule is CSCCC(C)N(C)CCCC(=O)c1ccc(F)cc1. The predicted octanol–water partition coefficient (Wildman–Crippen LogP) is 3.86. The number of ketones is 1. The third kappa shape index (κ3) is 6.06. The summed E-state index contributed by atoms with van der Waals surface area (Å²) in [5, 5.41) is 0. The molecule has 0 heterocycles. The van der Waals surface area contributed by atoms with E-state index in [9.17, 15) is 9.18 Å². The molecule has 0 aliphatic heterocycles. The van der Waals surface area contributed by atoms with Crippen molar-refractivity contribution in [3.63, 3.8) is 0 Å². The first-order chi connectivity index (χ1) is 9.54. The van der Waals surface area contributed by atoms with Gasteiger partial charge in [0.1, 0.15) is 5.82 Å². The van der Waals surface area contributed by atoms with E-state index in [1.54, 1.807) is 12.1 Å². The van der Waals surface area contributed by atoms with E-state index in [2.05, 4.69) is 25.1 Å². The normalized spacial score (nSPS) is 12.7. The summed E-state index contributed by atoms with van der Waals surface area (Å²) in [6, 6.07) is 6.34. The number of rotatable bonds is 9. The minimum atomic E-state index is -0.302. The number of carbonyl (C=O) groups is 1. The first kappa shape index (κ1) is 17.2. The molecule has 0 radical (unpaired) electrons. The highest BCUT2D eigenvalue weighted by Crippen LogP contribution is 2.10. The number of hydrogen-bond donors (Lipinski definition) is 0. The zero-order valence-electron chi connectivity index (χ0n) is 12.6. The Morgan fingerprint density at radius 2 is 2.00 bits per heavy atom. The molecule has 1 aromatic carbocycles. The zero-order valence-corrected chi connectivity index (χ0v) is 13.4. The zero-order chi connectivity index (χ0) is 15.0.